The van der Waals surface area contributed by atoms with Gasteiger partial charge in [-0.2, -0.15) is 5.10 Å². The van der Waals surface area contributed by atoms with E-state index in [0.29, 0.717) is 18.0 Å². The van der Waals surface area contributed by atoms with Gasteiger partial charge >= 0.3 is 0 Å². The van der Waals surface area contributed by atoms with Gasteiger partial charge in [0.15, 0.2) is 0 Å². The third-order valence-electron chi connectivity index (χ3n) is 6.82. The molecule has 2 saturated carbocycles. The van der Waals surface area contributed by atoms with Crippen molar-refractivity contribution in [2.45, 2.75) is 52.6 Å². The molecule has 2 heterocycles. The minimum atomic E-state index is -3.56. The maximum Gasteiger partial charge on any atom is 0.270 e. The topological polar surface area (TPSA) is 72.3 Å². The molecule has 4 rings (SSSR count). The Hall–Kier alpha value is -1.37. The molecule has 1 aromatic rings. The van der Waals surface area contributed by atoms with Gasteiger partial charge < -0.3 is 0 Å². The van der Waals surface area contributed by atoms with E-state index in [1.165, 1.54) is 10.5 Å². The second kappa shape index (κ2) is 4.37. The number of carbonyl (C=O) groups excluding carboxylic acids is 1. The number of aryl methyl sites for hydroxylation is 1. The molecule has 1 aliphatic heterocycles. The number of carbonyl (C=O) groups is 1. The zero-order chi connectivity index (χ0) is 16.6. The number of hydrogen-bond acceptors (Lipinski definition) is 4. The first-order valence-corrected chi connectivity index (χ1v) is 9.93. The maximum absolute atomic E-state index is 12.9. The summed E-state index contributed by atoms with van der Waals surface area (Å²) in [6.07, 6.45) is 5.91. The summed E-state index contributed by atoms with van der Waals surface area (Å²) >= 11 is 0. The third-order valence-corrected chi connectivity index (χ3v) is 8.72. The van der Waals surface area contributed by atoms with Crippen LogP contribution in [0.2, 0.25) is 0 Å². The number of sulfonamides is 1. The maximum atomic E-state index is 12.9. The predicted octanol–water partition coefficient (Wildman–Crippen LogP) is 1.88. The van der Waals surface area contributed by atoms with Gasteiger partial charge in [0, 0.05) is 18.2 Å². The fourth-order valence-corrected chi connectivity index (χ4v) is 7.86. The average molecular weight is 337 g/mol. The number of amides is 1. The normalized spacial score (nSPS) is 36.4. The fraction of sp³-hybridized carbons (Fsp3) is 0.750. The minimum Gasteiger partial charge on any atom is -0.272 e. The molecule has 0 radical (unpaired) electrons. The summed E-state index contributed by atoms with van der Waals surface area (Å²) in [4.78, 5) is 12.9. The van der Waals surface area contributed by atoms with Crippen molar-refractivity contribution in [3.63, 3.8) is 0 Å². The van der Waals surface area contributed by atoms with Gasteiger partial charge in [-0.3, -0.25) is 9.48 Å². The molecule has 1 amide bonds. The Labute approximate surface area is 136 Å². The van der Waals surface area contributed by atoms with E-state index in [1.807, 2.05) is 6.92 Å². The van der Waals surface area contributed by atoms with Crippen LogP contribution in [0.25, 0.3) is 0 Å². The second-order valence-electron chi connectivity index (χ2n) is 7.81. The summed E-state index contributed by atoms with van der Waals surface area (Å²) in [5, 5.41) is 4.11. The van der Waals surface area contributed by atoms with Crippen LogP contribution in [0.4, 0.5) is 0 Å². The van der Waals surface area contributed by atoms with E-state index < -0.39 is 15.9 Å². The fourth-order valence-electron chi connectivity index (χ4n) is 5.33. The van der Waals surface area contributed by atoms with Crippen molar-refractivity contribution in [2.24, 2.45) is 16.7 Å². The highest BCUT2D eigenvalue weighted by molar-refractivity contribution is 7.90. The zero-order valence-corrected chi connectivity index (χ0v) is 14.6. The molecule has 1 aromatic heterocycles. The molecule has 0 aromatic carbocycles. The lowest BCUT2D eigenvalue weighted by Gasteiger charge is -2.37. The van der Waals surface area contributed by atoms with E-state index >= 15 is 0 Å². The smallest absolute Gasteiger partial charge is 0.270 e. The standard InChI is InChI=1S/C16H23N3O3S/c1-4-18-9-11(8-17-18)14(20)19-13-7-12-5-6-16(13,15(12,2)3)10-23(19,21)22/h8-9,12-13H,4-7,10H2,1-3H3/t12-,13-,16+/m1/s1. The molecule has 23 heavy (non-hydrogen) atoms. The molecule has 0 N–H and O–H groups in total. The van der Waals surface area contributed by atoms with Crippen LogP contribution < -0.4 is 0 Å². The van der Waals surface area contributed by atoms with Crippen LogP contribution >= 0.6 is 0 Å². The van der Waals surface area contributed by atoms with Crippen LogP contribution in [0.5, 0.6) is 0 Å². The molecular weight excluding hydrogens is 314 g/mol. The van der Waals surface area contributed by atoms with Crippen LogP contribution in [0.1, 0.15) is 50.4 Å². The summed E-state index contributed by atoms with van der Waals surface area (Å²) in [6, 6.07) is -0.182. The number of fused-ring (bicyclic) bond motifs is 1. The Bertz CT molecular complexity index is 782. The quantitative estimate of drug-likeness (QED) is 0.826. The highest BCUT2D eigenvalue weighted by Crippen LogP contribution is 2.70. The third kappa shape index (κ3) is 1.71. The van der Waals surface area contributed by atoms with E-state index in [9.17, 15) is 13.2 Å². The van der Waals surface area contributed by atoms with Gasteiger partial charge in [0.1, 0.15) is 0 Å². The molecule has 2 aliphatic carbocycles. The first kappa shape index (κ1) is 15.2. The van der Waals surface area contributed by atoms with Crippen LogP contribution in [-0.4, -0.2) is 40.2 Å². The van der Waals surface area contributed by atoms with Gasteiger partial charge in [-0.15, -0.1) is 0 Å². The van der Waals surface area contributed by atoms with Crippen LogP contribution in [0.3, 0.4) is 0 Å². The minimum absolute atomic E-state index is 0.0205. The first-order valence-electron chi connectivity index (χ1n) is 8.32. The Morgan fingerprint density at radius 1 is 1.43 bits per heavy atom. The molecule has 7 heteroatoms. The van der Waals surface area contributed by atoms with Gasteiger partial charge in [-0.1, -0.05) is 13.8 Å². The van der Waals surface area contributed by atoms with E-state index in [-0.39, 0.29) is 22.6 Å². The number of hydrogen-bond donors (Lipinski definition) is 0. The highest BCUT2D eigenvalue weighted by Gasteiger charge is 2.72. The van der Waals surface area contributed by atoms with Gasteiger partial charge in [-0.05, 0) is 37.5 Å². The monoisotopic (exact) mass is 337 g/mol. The van der Waals surface area contributed by atoms with E-state index in [2.05, 4.69) is 18.9 Å². The molecule has 3 fully saturated rings. The zero-order valence-electron chi connectivity index (χ0n) is 13.8. The summed E-state index contributed by atoms with van der Waals surface area (Å²) < 4.78 is 28.5. The van der Waals surface area contributed by atoms with Crippen molar-refractivity contribution in [3.8, 4) is 0 Å². The molecule has 3 aliphatic rings. The Morgan fingerprint density at radius 3 is 2.78 bits per heavy atom. The molecule has 126 valence electrons. The molecule has 1 spiro atoms. The summed E-state index contributed by atoms with van der Waals surface area (Å²) in [5.74, 6) is 0.216. The Balaban J connectivity index is 1.76. The van der Waals surface area contributed by atoms with Crippen molar-refractivity contribution >= 4 is 15.9 Å². The Morgan fingerprint density at radius 2 is 2.17 bits per heavy atom. The molecule has 3 atom stereocenters. The average Bonchev–Trinajstić information content (AvgIpc) is 3.14. The number of rotatable bonds is 2. The van der Waals surface area contributed by atoms with E-state index in [0.717, 1.165) is 19.3 Å². The predicted molar refractivity (Wildman–Crippen MR) is 85.2 cm³/mol. The van der Waals surface area contributed by atoms with Crippen molar-refractivity contribution in [3.05, 3.63) is 18.0 Å². The number of nitrogens with zero attached hydrogens (tertiary/aromatic N) is 3. The lowest BCUT2D eigenvalue weighted by molar-refractivity contribution is 0.0701. The van der Waals surface area contributed by atoms with E-state index in [4.69, 9.17) is 0 Å². The van der Waals surface area contributed by atoms with Crippen molar-refractivity contribution < 1.29 is 13.2 Å². The molecule has 6 nitrogen and oxygen atoms in total. The summed E-state index contributed by atoms with van der Waals surface area (Å²) in [7, 11) is -3.56. The van der Waals surface area contributed by atoms with Crippen LogP contribution in [0.15, 0.2) is 12.4 Å². The first-order chi connectivity index (χ1) is 10.7. The van der Waals surface area contributed by atoms with Crippen molar-refractivity contribution in [2.75, 3.05) is 5.75 Å². The van der Waals surface area contributed by atoms with Gasteiger partial charge in [0.25, 0.3) is 5.91 Å². The van der Waals surface area contributed by atoms with Crippen molar-refractivity contribution in [1.29, 1.82) is 0 Å². The lowest BCUT2D eigenvalue weighted by Crippen LogP contribution is -2.44. The van der Waals surface area contributed by atoms with E-state index in [1.54, 1.807) is 10.9 Å². The van der Waals surface area contributed by atoms with Gasteiger partial charge in [-0.25, -0.2) is 12.7 Å². The highest BCUT2D eigenvalue weighted by atomic mass is 32.2. The number of aromatic nitrogens is 2. The van der Waals surface area contributed by atoms with Gasteiger partial charge in [0.05, 0.1) is 23.6 Å². The van der Waals surface area contributed by atoms with Crippen LogP contribution in [-0.2, 0) is 16.6 Å². The Kier molecular flexibility index (Phi) is 2.89. The van der Waals surface area contributed by atoms with Crippen LogP contribution in [0, 0.1) is 16.7 Å². The summed E-state index contributed by atoms with van der Waals surface area (Å²) in [5.41, 5.74) is 0.0772. The van der Waals surface area contributed by atoms with Crippen molar-refractivity contribution in [1.82, 2.24) is 14.1 Å². The molecule has 2 bridgehead atoms. The molecule has 0 unspecified atom stereocenters. The van der Waals surface area contributed by atoms with Gasteiger partial charge in [0.2, 0.25) is 10.0 Å². The second-order valence-corrected chi connectivity index (χ2v) is 9.65. The molecular formula is C16H23N3O3S. The SMILES string of the molecule is CCn1cc(C(=O)N2[C@@H]3C[C@H]4CC[C@@]3(CS2(=O)=O)C4(C)C)cn1. The lowest BCUT2D eigenvalue weighted by atomic mass is 9.69. The summed E-state index contributed by atoms with van der Waals surface area (Å²) in [6.45, 7) is 6.95. The molecule has 1 saturated heterocycles. The largest absolute Gasteiger partial charge is 0.272 e.